The molecular weight excluding hydrogens is 574 g/mol. The van der Waals surface area contributed by atoms with Crippen LogP contribution in [-0.4, -0.2) is 0 Å². The molecule has 0 spiro atoms. The van der Waals surface area contributed by atoms with Gasteiger partial charge in [0.15, 0.2) is 0 Å². The van der Waals surface area contributed by atoms with Gasteiger partial charge in [0.05, 0.1) is 11.1 Å². The molecule has 10 aromatic rings. The molecule has 220 valence electrons. The molecule has 3 heteroatoms. The van der Waals surface area contributed by atoms with Crippen LogP contribution in [0.5, 0.6) is 0 Å². The SMILES string of the molecule is c1cc(-c2cccc3oc4ccccc4c23)cc(N(c2ccc3ccccc3c2)c2cccc3oc4c5ccccc5ccc4c23)c1. The van der Waals surface area contributed by atoms with Crippen LogP contribution in [0, 0.1) is 0 Å². The lowest BCUT2D eigenvalue weighted by Crippen LogP contribution is -2.10. The highest BCUT2D eigenvalue weighted by atomic mass is 16.3. The van der Waals surface area contributed by atoms with Crippen molar-refractivity contribution >= 4 is 82.5 Å². The van der Waals surface area contributed by atoms with E-state index in [0.29, 0.717) is 0 Å². The van der Waals surface area contributed by atoms with E-state index in [1.54, 1.807) is 0 Å². The van der Waals surface area contributed by atoms with Gasteiger partial charge in [0.25, 0.3) is 0 Å². The van der Waals surface area contributed by atoms with Crippen molar-refractivity contribution < 1.29 is 8.83 Å². The molecule has 0 bridgehead atoms. The van der Waals surface area contributed by atoms with Crippen LogP contribution in [0.3, 0.4) is 0 Å². The van der Waals surface area contributed by atoms with Crippen LogP contribution in [0.4, 0.5) is 17.1 Å². The van der Waals surface area contributed by atoms with Gasteiger partial charge in [-0.05, 0) is 81.9 Å². The first-order chi connectivity index (χ1) is 23.3. The molecule has 0 aliphatic rings. The van der Waals surface area contributed by atoms with E-state index in [0.717, 1.165) is 77.5 Å². The van der Waals surface area contributed by atoms with Crippen molar-refractivity contribution in [2.75, 3.05) is 4.90 Å². The Morgan fingerprint density at radius 2 is 1.06 bits per heavy atom. The topological polar surface area (TPSA) is 29.5 Å². The molecule has 0 fully saturated rings. The molecule has 2 aromatic heterocycles. The third kappa shape index (κ3) is 4.00. The molecule has 2 heterocycles. The second kappa shape index (κ2) is 10.1. The number of hydrogen-bond donors (Lipinski definition) is 0. The maximum Gasteiger partial charge on any atom is 0.143 e. The first-order valence-corrected chi connectivity index (χ1v) is 15.9. The molecule has 0 aliphatic heterocycles. The van der Waals surface area contributed by atoms with Gasteiger partial charge in [0.2, 0.25) is 0 Å². The van der Waals surface area contributed by atoms with E-state index in [4.69, 9.17) is 8.83 Å². The summed E-state index contributed by atoms with van der Waals surface area (Å²) >= 11 is 0. The van der Waals surface area contributed by atoms with Gasteiger partial charge in [-0.1, -0.05) is 109 Å². The largest absolute Gasteiger partial charge is 0.456 e. The lowest BCUT2D eigenvalue weighted by atomic mass is 9.98. The first-order valence-electron chi connectivity index (χ1n) is 15.9. The summed E-state index contributed by atoms with van der Waals surface area (Å²) in [6.07, 6.45) is 0. The summed E-state index contributed by atoms with van der Waals surface area (Å²) in [6, 6.07) is 57.9. The summed E-state index contributed by atoms with van der Waals surface area (Å²) in [6.45, 7) is 0. The Labute approximate surface area is 270 Å². The fourth-order valence-corrected chi connectivity index (χ4v) is 7.29. The van der Waals surface area contributed by atoms with Gasteiger partial charge in [-0.25, -0.2) is 0 Å². The molecular formula is C44H27NO2. The van der Waals surface area contributed by atoms with Crippen molar-refractivity contribution in [2.24, 2.45) is 0 Å². The van der Waals surface area contributed by atoms with Gasteiger partial charge in [-0.15, -0.1) is 0 Å². The van der Waals surface area contributed by atoms with Crippen molar-refractivity contribution in [3.8, 4) is 11.1 Å². The van der Waals surface area contributed by atoms with Crippen LogP contribution >= 0.6 is 0 Å². The first kappa shape index (κ1) is 26.0. The molecule has 0 saturated heterocycles. The van der Waals surface area contributed by atoms with Crippen molar-refractivity contribution in [1.29, 1.82) is 0 Å². The average molecular weight is 602 g/mol. The molecule has 0 atom stereocenters. The third-order valence-electron chi connectivity index (χ3n) is 9.42. The van der Waals surface area contributed by atoms with Crippen LogP contribution < -0.4 is 4.90 Å². The van der Waals surface area contributed by atoms with Gasteiger partial charge >= 0.3 is 0 Å². The number of furan rings is 2. The molecule has 8 aromatic carbocycles. The van der Waals surface area contributed by atoms with E-state index >= 15 is 0 Å². The van der Waals surface area contributed by atoms with Crippen molar-refractivity contribution in [1.82, 2.24) is 0 Å². The van der Waals surface area contributed by atoms with Crippen LogP contribution in [0.15, 0.2) is 173 Å². The number of hydrogen-bond acceptors (Lipinski definition) is 3. The van der Waals surface area contributed by atoms with E-state index in [2.05, 4.69) is 157 Å². The number of rotatable bonds is 4. The van der Waals surface area contributed by atoms with Crippen LogP contribution in [0.25, 0.3) is 76.5 Å². The van der Waals surface area contributed by atoms with E-state index in [-0.39, 0.29) is 0 Å². The van der Waals surface area contributed by atoms with E-state index in [9.17, 15) is 0 Å². The molecule has 0 unspecified atom stereocenters. The Kier molecular flexibility index (Phi) is 5.57. The maximum absolute atomic E-state index is 6.63. The lowest BCUT2D eigenvalue weighted by molar-refractivity contribution is 0.669. The minimum absolute atomic E-state index is 0.866. The highest BCUT2D eigenvalue weighted by molar-refractivity contribution is 6.20. The van der Waals surface area contributed by atoms with Crippen LogP contribution in [0.2, 0.25) is 0 Å². The summed E-state index contributed by atoms with van der Waals surface area (Å²) in [5.74, 6) is 0. The number of anilines is 3. The predicted octanol–water partition coefficient (Wildman–Crippen LogP) is 12.9. The third-order valence-corrected chi connectivity index (χ3v) is 9.42. The fraction of sp³-hybridized carbons (Fsp3) is 0. The van der Waals surface area contributed by atoms with Crippen molar-refractivity contribution in [3.05, 3.63) is 164 Å². The molecule has 0 amide bonds. The van der Waals surface area contributed by atoms with Crippen molar-refractivity contribution in [3.63, 3.8) is 0 Å². The molecule has 0 aliphatic carbocycles. The molecule has 10 rings (SSSR count). The van der Waals surface area contributed by atoms with E-state index in [1.807, 2.05) is 12.1 Å². The minimum Gasteiger partial charge on any atom is -0.456 e. The number of fused-ring (bicyclic) bond motifs is 9. The molecule has 0 saturated carbocycles. The van der Waals surface area contributed by atoms with Crippen molar-refractivity contribution in [2.45, 2.75) is 0 Å². The van der Waals surface area contributed by atoms with Crippen LogP contribution in [-0.2, 0) is 0 Å². The van der Waals surface area contributed by atoms with Crippen LogP contribution in [0.1, 0.15) is 0 Å². The Balaban J connectivity index is 1.25. The summed E-state index contributed by atoms with van der Waals surface area (Å²) in [5.41, 5.74) is 9.04. The summed E-state index contributed by atoms with van der Waals surface area (Å²) in [4.78, 5) is 2.37. The zero-order valence-corrected chi connectivity index (χ0v) is 25.4. The summed E-state index contributed by atoms with van der Waals surface area (Å²) in [5, 5.41) is 9.13. The van der Waals surface area contributed by atoms with Gasteiger partial charge in [-0.2, -0.15) is 0 Å². The Bertz CT molecular complexity index is 2820. The smallest absolute Gasteiger partial charge is 0.143 e. The van der Waals surface area contributed by atoms with Gasteiger partial charge in [0, 0.05) is 32.9 Å². The van der Waals surface area contributed by atoms with E-state index < -0.39 is 0 Å². The summed E-state index contributed by atoms with van der Waals surface area (Å²) in [7, 11) is 0. The van der Waals surface area contributed by atoms with E-state index in [1.165, 1.54) is 16.2 Å². The monoisotopic (exact) mass is 601 g/mol. The fourth-order valence-electron chi connectivity index (χ4n) is 7.29. The van der Waals surface area contributed by atoms with Gasteiger partial charge in [0.1, 0.15) is 22.3 Å². The standard InChI is InChI=1S/C44H27NO2/c1-2-12-30-26-33(24-22-28(30)10-1)45(38-18-9-21-41-43(38)37-25-23-29-11-3-4-15-35(29)44(37)47-41)32-14-7-13-31(27-32)34-17-8-20-40-42(34)36-16-5-6-19-39(36)46-40/h1-27H. The quantitative estimate of drug-likeness (QED) is 0.201. The average Bonchev–Trinajstić information content (AvgIpc) is 3.71. The predicted molar refractivity (Wildman–Crippen MR) is 196 cm³/mol. The highest BCUT2D eigenvalue weighted by Gasteiger charge is 2.21. The maximum atomic E-state index is 6.63. The second-order valence-corrected chi connectivity index (χ2v) is 12.1. The minimum atomic E-state index is 0.866. The molecule has 0 radical (unpaired) electrons. The molecule has 0 N–H and O–H groups in total. The number of nitrogens with zero attached hydrogens (tertiary/aromatic N) is 1. The summed E-state index contributed by atoms with van der Waals surface area (Å²) < 4.78 is 12.9. The Morgan fingerprint density at radius 3 is 1.98 bits per heavy atom. The second-order valence-electron chi connectivity index (χ2n) is 12.1. The number of para-hydroxylation sites is 1. The zero-order chi connectivity index (χ0) is 30.9. The molecule has 3 nitrogen and oxygen atoms in total. The highest BCUT2D eigenvalue weighted by Crippen LogP contribution is 2.46. The Morgan fingerprint density at radius 1 is 0.383 bits per heavy atom. The Hall–Kier alpha value is -6.32. The van der Waals surface area contributed by atoms with Gasteiger partial charge in [-0.3, -0.25) is 0 Å². The molecule has 47 heavy (non-hydrogen) atoms. The lowest BCUT2D eigenvalue weighted by Gasteiger charge is -2.27. The normalized spacial score (nSPS) is 11.8. The zero-order valence-electron chi connectivity index (χ0n) is 25.4. The number of benzene rings is 8. The van der Waals surface area contributed by atoms with Gasteiger partial charge < -0.3 is 13.7 Å².